The Balaban J connectivity index is 2.50. The van der Waals surface area contributed by atoms with Crippen molar-refractivity contribution in [2.75, 3.05) is 6.61 Å². The Morgan fingerprint density at radius 1 is 1.40 bits per heavy atom. The van der Waals surface area contributed by atoms with E-state index in [1.54, 1.807) is 12.1 Å². The van der Waals surface area contributed by atoms with Gasteiger partial charge in [0.25, 0.3) is 0 Å². The Labute approximate surface area is 98.8 Å². The van der Waals surface area contributed by atoms with Gasteiger partial charge in [0.1, 0.15) is 0 Å². The highest BCUT2D eigenvalue weighted by Gasteiger charge is 2.08. The van der Waals surface area contributed by atoms with Crippen LogP contribution in [0.3, 0.4) is 0 Å². The summed E-state index contributed by atoms with van der Waals surface area (Å²) in [6.45, 7) is 4.64. The number of carbonyl (C=O) groups excluding carboxylic acids is 1. The Bertz CT molecular complexity index is 319. The predicted octanol–water partition coefficient (Wildman–Crippen LogP) is 3.65. The molecule has 0 fully saturated rings. The van der Waals surface area contributed by atoms with Gasteiger partial charge in [-0.2, -0.15) is 0 Å². The highest BCUT2D eigenvalue weighted by molar-refractivity contribution is 9.10. The monoisotopic (exact) mass is 270 g/mol. The van der Waals surface area contributed by atoms with Gasteiger partial charge in [-0.05, 0) is 30.2 Å². The molecule has 0 aromatic heterocycles. The lowest BCUT2D eigenvalue weighted by atomic mass is 10.1. The fourth-order valence-corrected chi connectivity index (χ4v) is 1.27. The van der Waals surface area contributed by atoms with Crippen LogP contribution in [0, 0.1) is 5.92 Å². The van der Waals surface area contributed by atoms with Gasteiger partial charge in [0.15, 0.2) is 0 Å². The fraction of sp³-hybridized carbons (Fsp3) is 0.417. The van der Waals surface area contributed by atoms with Crippen LogP contribution in [-0.2, 0) is 4.74 Å². The number of carbonyl (C=O) groups is 1. The molecular weight excluding hydrogens is 256 g/mol. The molecule has 15 heavy (non-hydrogen) atoms. The van der Waals surface area contributed by atoms with E-state index in [0.29, 0.717) is 18.1 Å². The number of rotatable bonds is 4. The molecule has 0 aliphatic heterocycles. The highest BCUT2D eigenvalue weighted by Crippen LogP contribution is 2.12. The van der Waals surface area contributed by atoms with Crippen molar-refractivity contribution >= 4 is 21.9 Å². The maximum Gasteiger partial charge on any atom is 0.338 e. The highest BCUT2D eigenvalue weighted by atomic mass is 79.9. The number of halogens is 1. The minimum atomic E-state index is -0.247. The largest absolute Gasteiger partial charge is 0.462 e. The molecule has 1 atom stereocenters. The number of hydrogen-bond donors (Lipinski definition) is 0. The maximum atomic E-state index is 11.5. The van der Waals surface area contributed by atoms with Crippen LogP contribution in [0.2, 0.25) is 0 Å². The third-order valence-corrected chi connectivity index (χ3v) is 2.80. The number of benzene rings is 1. The molecule has 1 aromatic rings. The van der Waals surface area contributed by atoms with E-state index in [1.807, 2.05) is 12.1 Å². The summed E-state index contributed by atoms with van der Waals surface area (Å²) >= 11 is 3.32. The summed E-state index contributed by atoms with van der Waals surface area (Å²) in [5.74, 6) is 0.173. The second-order valence-corrected chi connectivity index (χ2v) is 4.53. The van der Waals surface area contributed by atoms with E-state index in [4.69, 9.17) is 4.74 Å². The van der Waals surface area contributed by atoms with Gasteiger partial charge in [-0.1, -0.05) is 36.2 Å². The van der Waals surface area contributed by atoms with Crippen LogP contribution in [0.1, 0.15) is 30.6 Å². The molecule has 0 amide bonds. The lowest BCUT2D eigenvalue weighted by Crippen LogP contribution is -2.11. The maximum absolute atomic E-state index is 11.5. The van der Waals surface area contributed by atoms with Gasteiger partial charge >= 0.3 is 5.97 Å². The molecule has 2 nitrogen and oxygen atoms in total. The van der Waals surface area contributed by atoms with Gasteiger partial charge in [-0.3, -0.25) is 0 Å². The molecule has 0 heterocycles. The smallest absolute Gasteiger partial charge is 0.338 e. The zero-order valence-electron chi connectivity index (χ0n) is 9.00. The molecule has 0 aliphatic rings. The average Bonchev–Trinajstić information content (AvgIpc) is 2.26. The van der Waals surface area contributed by atoms with Crippen molar-refractivity contribution in [1.29, 1.82) is 0 Å². The van der Waals surface area contributed by atoms with E-state index < -0.39 is 0 Å². The van der Waals surface area contributed by atoms with Crippen LogP contribution in [0.25, 0.3) is 0 Å². The fourth-order valence-electron chi connectivity index (χ4n) is 1.01. The summed E-state index contributed by atoms with van der Waals surface area (Å²) in [5, 5.41) is 0. The van der Waals surface area contributed by atoms with Gasteiger partial charge in [0, 0.05) is 4.47 Å². The Kier molecular flexibility index (Phi) is 4.82. The molecule has 82 valence electrons. The van der Waals surface area contributed by atoms with Crippen LogP contribution in [0.15, 0.2) is 28.7 Å². The number of hydrogen-bond acceptors (Lipinski definition) is 2. The van der Waals surface area contributed by atoms with Crippen LogP contribution >= 0.6 is 15.9 Å². The lowest BCUT2D eigenvalue weighted by Gasteiger charge is -2.09. The molecular formula is C12H15BrO2. The van der Waals surface area contributed by atoms with E-state index in [9.17, 15) is 4.79 Å². The zero-order valence-corrected chi connectivity index (χ0v) is 10.6. The summed E-state index contributed by atoms with van der Waals surface area (Å²) in [4.78, 5) is 11.5. The molecule has 0 saturated heterocycles. The molecule has 0 radical (unpaired) electrons. The molecule has 1 rings (SSSR count). The minimum Gasteiger partial charge on any atom is -0.462 e. The molecule has 0 N–H and O–H groups in total. The van der Waals surface area contributed by atoms with Crippen LogP contribution in [-0.4, -0.2) is 12.6 Å². The summed E-state index contributed by atoms with van der Waals surface area (Å²) < 4.78 is 6.13. The van der Waals surface area contributed by atoms with Crippen molar-refractivity contribution < 1.29 is 9.53 Å². The normalized spacial score (nSPS) is 12.2. The molecule has 1 aromatic carbocycles. The first-order chi connectivity index (χ1) is 7.13. The Morgan fingerprint density at radius 3 is 2.53 bits per heavy atom. The quantitative estimate of drug-likeness (QED) is 0.781. The second kappa shape index (κ2) is 5.91. The standard InChI is InChI=1S/C12H15BrO2/c1-3-9(2)8-15-12(14)10-4-6-11(13)7-5-10/h4-7,9H,3,8H2,1-2H3/t9-/m1/s1. The summed E-state index contributed by atoms with van der Waals surface area (Å²) in [7, 11) is 0. The molecule has 0 saturated carbocycles. The SMILES string of the molecule is CC[C@@H](C)COC(=O)c1ccc(Br)cc1. The predicted molar refractivity (Wildman–Crippen MR) is 63.9 cm³/mol. The van der Waals surface area contributed by atoms with Crippen LogP contribution in [0.5, 0.6) is 0 Å². The first-order valence-electron chi connectivity index (χ1n) is 5.06. The molecule has 0 bridgehead atoms. The lowest BCUT2D eigenvalue weighted by molar-refractivity contribution is 0.0447. The third-order valence-electron chi connectivity index (χ3n) is 2.28. The average molecular weight is 271 g/mol. The van der Waals surface area contributed by atoms with Crippen LogP contribution in [0.4, 0.5) is 0 Å². The van der Waals surface area contributed by atoms with Gasteiger partial charge in [0.2, 0.25) is 0 Å². The summed E-state index contributed by atoms with van der Waals surface area (Å²) in [6, 6.07) is 7.17. The van der Waals surface area contributed by atoms with Crippen molar-refractivity contribution in [1.82, 2.24) is 0 Å². The second-order valence-electron chi connectivity index (χ2n) is 3.62. The van der Waals surface area contributed by atoms with Gasteiger partial charge in [-0.25, -0.2) is 4.79 Å². The Morgan fingerprint density at radius 2 is 2.00 bits per heavy atom. The minimum absolute atomic E-state index is 0.247. The zero-order chi connectivity index (χ0) is 11.3. The summed E-state index contributed by atoms with van der Waals surface area (Å²) in [6.07, 6.45) is 1.02. The van der Waals surface area contributed by atoms with E-state index in [2.05, 4.69) is 29.8 Å². The third kappa shape index (κ3) is 4.04. The van der Waals surface area contributed by atoms with Crippen molar-refractivity contribution in [2.24, 2.45) is 5.92 Å². The topological polar surface area (TPSA) is 26.3 Å². The number of ether oxygens (including phenoxy) is 1. The molecule has 0 aliphatic carbocycles. The number of esters is 1. The van der Waals surface area contributed by atoms with E-state index >= 15 is 0 Å². The Hall–Kier alpha value is -0.830. The van der Waals surface area contributed by atoms with E-state index in [1.165, 1.54) is 0 Å². The van der Waals surface area contributed by atoms with E-state index in [0.717, 1.165) is 10.9 Å². The van der Waals surface area contributed by atoms with E-state index in [-0.39, 0.29) is 5.97 Å². The van der Waals surface area contributed by atoms with Gasteiger partial charge in [0.05, 0.1) is 12.2 Å². The first kappa shape index (κ1) is 12.2. The first-order valence-corrected chi connectivity index (χ1v) is 5.85. The summed E-state index contributed by atoms with van der Waals surface area (Å²) in [5.41, 5.74) is 0.599. The van der Waals surface area contributed by atoms with Gasteiger partial charge < -0.3 is 4.74 Å². The van der Waals surface area contributed by atoms with Gasteiger partial charge in [-0.15, -0.1) is 0 Å². The van der Waals surface area contributed by atoms with Crippen molar-refractivity contribution in [3.63, 3.8) is 0 Å². The molecule has 3 heteroatoms. The van der Waals surface area contributed by atoms with Crippen molar-refractivity contribution in [3.05, 3.63) is 34.3 Å². The van der Waals surface area contributed by atoms with Crippen molar-refractivity contribution in [3.8, 4) is 0 Å². The molecule has 0 unspecified atom stereocenters. The van der Waals surface area contributed by atoms with Crippen molar-refractivity contribution in [2.45, 2.75) is 20.3 Å². The van der Waals surface area contributed by atoms with Crippen LogP contribution < -0.4 is 0 Å². The molecule has 0 spiro atoms.